The minimum atomic E-state index is -2.55. The molecule has 1 saturated heterocycles. The summed E-state index contributed by atoms with van der Waals surface area (Å²) in [4.78, 5) is 11.4. The van der Waals surface area contributed by atoms with Gasteiger partial charge >= 0.3 is 0 Å². The van der Waals surface area contributed by atoms with Crippen molar-refractivity contribution in [1.29, 1.82) is 0 Å². The number of aromatic amines is 1. The van der Waals surface area contributed by atoms with E-state index in [9.17, 15) is 8.78 Å². The molecule has 2 fully saturated rings. The molecule has 1 unspecified atom stereocenters. The molecular formula is C21H21Cl2F2N5. The van der Waals surface area contributed by atoms with Crippen molar-refractivity contribution in [3.05, 3.63) is 34.4 Å². The van der Waals surface area contributed by atoms with E-state index in [1.165, 1.54) is 0 Å². The average Bonchev–Trinajstić information content (AvgIpc) is 3.25. The van der Waals surface area contributed by atoms with Crippen molar-refractivity contribution in [3.8, 4) is 11.3 Å². The van der Waals surface area contributed by atoms with Crippen molar-refractivity contribution < 1.29 is 8.78 Å². The molecule has 5 rings (SSSR count). The fourth-order valence-electron chi connectivity index (χ4n) is 4.98. The summed E-state index contributed by atoms with van der Waals surface area (Å²) in [5.74, 6) is -2.39. The normalized spacial score (nSPS) is 22.8. The summed E-state index contributed by atoms with van der Waals surface area (Å²) in [6.45, 7) is 3.10. The second kappa shape index (κ2) is 7.02. The highest BCUT2D eigenvalue weighted by molar-refractivity contribution is 6.43. The molecule has 3 heterocycles. The van der Waals surface area contributed by atoms with E-state index in [0.29, 0.717) is 52.0 Å². The molecule has 9 heteroatoms. The SMILES string of the molecule is CC1C(F)(F)CCC12CCN(c1cnc3c(-c4cccc(Cl)c4Cl)n[nH]c3n1)CC2. The Morgan fingerprint density at radius 2 is 1.90 bits per heavy atom. The highest BCUT2D eigenvalue weighted by Gasteiger charge is 2.56. The zero-order chi connectivity index (χ0) is 21.1. The maximum absolute atomic E-state index is 14.1. The molecule has 2 aromatic heterocycles. The van der Waals surface area contributed by atoms with Crippen LogP contribution in [-0.2, 0) is 0 Å². The Morgan fingerprint density at radius 1 is 1.13 bits per heavy atom. The number of nitrogens with zero attached hydrogens (tertiary/aromatic N) is 4. The number of halogens is 4. The Bertz CT molecular complexity index is 1110. The van der Waals surface area contributed by atoms with E-state index in [0.717, 1.165) is 18.7 Å². The van der Waals surface area contributed by atoms with Gasteiger partial charge in [0.05, 0.1) is 16.2 Å². The molecule has 2 aliphatic rings. The standard InChI is InChI=1S/C21H21Cl2F2N5/c1-12-20(5-6-21(12,24)25)7-9-30(10-8-20)15-11-26-18-17(28-29-19(18)27-15)13-3-2-4-14(22)16(13)23/h2-4,11-12H,5-10H2,1H3,(H,27,28,29). The van der Waals surface area contributed by atoms with E-state index in [1.807, 2.05) is 12.1 Å². The summed E-state index contributed by atoms with van der Waals surface area (Å²) in [7, 11) is 0. The molecule has 0 bridgehead atoms. The lowest BCUT2D eigenvalue weighted by Crippen LogP contribution is -2.43. The molecule has 0 amide bonds. The number of anilines is 1. The summed E-state index contributed by atoms with van der Waals surface area (Å²) in [5, 5.41) is 8.14. The van der Waals surface area contributed by atoms with Gasteiger partial charge in [-0.1, -0.05) is 42.3 Å². The summed E-state index contributed by atoms with van der Waals surface area (Å²) in [6.07, 6.45) is 3.81. The number of aromatic nitrogens is 4. The molecule has 1 spiro atoms. The maximum Gasteiger partial charge on any atom is 0.251 e. The number of hydrogen-bond acceptors (Lipinski definition) is 4. The van der Waals surface area contributed by atoms with Crippen LogP contribution in [0, 0.1) is 11.3 Å². The van der Waals surface area contributed by atoms with Gasteiger partial charge in [-0.05, 0) is 30.7 Å². The summed E-state index contributed by atoms with van der Waals surface area (Å²) < 4.78 is 28.2. The maximum atomic E-state index is 14.1. The molecule has 1 aliphatic carbocycles. The Labute approximate surface area is 182 Å². The van der Waals surface area contributed by atoms with Crippen LogP contribution in [0.15, 0.2) is 24.4 Å². The fraction of sp³-hybridized carbons (Fsp3) is 0.476. The van der Waals surface area contributed by atoms with Crippen molar-refractivity contribution in [2.75, 3.05) is 18.0 Å². The van der Waals surface area contributed by atoms with E-state index >= 15 is 0 Å². The highest BCUT2D eigenvalue weighted by Crippen LogP contribution is 2.57. The molecule has 1 aromatic carbocycles. The van der Waals surface area contributed by atoms with Crippen molar-refractivity contribution in [2.24, 2.45) is 11.3 Å². The zero-order valence-electron chi connectivity index (χ0n) is 16.4. The molecular weight excluding hydrogens is 431 g/mol. The van der Waals surface area contributed by atoms with E-state index in [1.54, 1.807) is 19.2 Å². The third-order valence-corrected chi connectivity index (χ3v) is 7.87. The first kappa shape index (κ1) is 19.9. The fourth-order valence-corrected chi connectivity index (χ4v) is 5.37. The van der Waals surface area contributed by atoms with Crippen LogP contribution < -0.4 is 4.90 Å². The third-order valence-electron chi connectivity index (χ3n) is 7.06. The number of benzene rings is 1. The largest absolute Gasteiger partial charge is 0.355 e. The van der Waals surface area contributed by atoms with E-state index in [2.05, 4.69) is 25.1 Å². The smallest absolute Gasteiger partial charge is 0.251 e. The number of piperidine rings is 1. The van der Waals surface area contributed by atoms with Gasteiger partial charge in [-0.15, -0.1) is 0 Å². The molecule has 1 atom stereocenters. The Morgan fingerprint density at radius 3 is 2.60 bits per heavy atom. The van der Waals surface area contributed by atoms with Gasteiger partial charge in [-0.3, -0.25) is 5.10 Å². The van der Waals surface area contributed by atoms with Gasteiger partial charge in [0.25, 0.3) is 5.92 Å². The number of nitrogens with one attached hydrogen (secondary N) is 1. The number of fused-ring (bicyclic) bond motifs is 1. The molecule has 158 valence electrons. The predicted molar refractivity (Wildman–Crippen MR) is 114 cm³/mol. The van der Waals surface area contributed by atoms with Gasteiger partial charge in [0.15, 0.2) is 5.65 Å². The first-order chi connectivity index (χ1) is 14.3. The van der Waals surface area contributed by atoms with E-state index < -0.39 is 11.8 Å². The Balaban J connectivity index is 1.39. The lowest BCUT2D eigenvalue weighted by Gasteiger charge is -2.43. The van der Waals surface area contributed by atoms with Gasteiger partial charge in [0, 0.05) is 31.0 Å². The first-order valence-corrected chi connectivity index (χ1v) is 10.8. The van der Waals surface area contributed by atoms with Gasteiger partial charge < -0.3 is 4.90 Å². The van der Waals surface area contributed by atoms with Crippen LogP contribution >= 0.6 is 23.2 Å². The lowest BCUT2D eigenvalue weighted by atomic mass is 9.71. The van der Waals surface area contributed by atoms with Crippen molar-refractivity contribution in [2.45, 2.75) is 38.5 Å². The minimum absolute atomic E-state index is 0.00289. The third kappa shape index (κ3) is 3.05. The van der Waals surface area contributed by atoms with Crippen LogP contribution in [0.2, 0.25) is 10.0 Å². The van der Waals surface area contributed by atoms with Crippen molar-refractivity contribution in [1.82, 2.24) is 20.2 Å². The monoisotopic (exact) mass is 451 g/mol. The van der Waals surface area contributed by atoms with Crippen LogP contribution in [0.4, 0.5) is 14.6 Å². The van der Waals surface area contributed by atoms with Crippen LogP contribution in [0.1, 0.15) is 32.6 Å². The van der Waals surface area contributed by atoms with Gasteiger partial charge in [0.1, 0.15) is 17.0 Å². The molecule has 0 radical (unpaired) electrons. The Hall–Kier alpha value is -1.99. The molecule has 1 aliphatic heterocycles. The summed E-state index contributed by atoms with van der Waals surface area (Å²) in [6, 6.07) is 5.36. The van der Waals surface area contributed by atoms with Gasteiger partial charge in [-0.2, -0.15) is 5.10 Å². The van der Waals surface area contributed by atoms with E-state index in [4.69, 9.17) is 23.2 Å². The summed E-state index contributed by atoms with van der Waals surface area (Å²) in [5.41, 5.74) is 2.19. The zero-order valence-corrected chi connectivity index (χ0v) is 17.9. The van der Waals surface area contributed by atoms with Gasteiger partial charge in [-0.25, -0.2) is 18.7 Å². The molecule has 5 nitrogen and oxygen atoms in total. The molecule has 3 aromatic rings. The van der Waals surface area contributed by atoms with Crippen LogP contribution in [0.3, 0.4) is 0 Å². The number of alkyl halides is 2. The predicted octanol–water partition coefficient (Wildman–Crippen LogP) is 5.98. The molecule has 1 saturated carbocycles. The quantitative estimate of drug-likeness (QED) is 0.520. The molecule has 30 heavy (non-hydrogen) atoms. The Kier molecular flexibility index (Phi) is 4.67. The lowest BCUT2D eigenvalue weighted by molar-refractivity contribution is -0.0598. The van der Waals surface area contributed by atoms with E-state index in [-0.39, 0.29) is 11.8 Å². The van der Waals surface area contributed by atoms with Crippen LogP contribution in [-0.4, -0.2) is 39.2 Å². The second-order valence-electron chi connectivity index (χ2n) is 8.43. The van der Waals surface area contributed by atoms with Crippen LogP contribution in [0.25, 0.3) is 22.4 Å². The minimum Gasteiger partial charge on any atom is -0.355 e. The first-order valence-electron chi connectivity index (χ1n) is 10.1. The number of hydrogen-bond donors (Lipinski definition) is 1. The number of H-pyrrole nitrogens is 1. The average molecular weight is 452 g/mol. The number of rotatable bonds is 2. The van der Waals surface area contributed by atoms with Gasteiger partial charge in [0.2, 0.25) is 0 Å². The molecule has 1 N–H and O–H groups in total. The van der Waals surface area contributed by atoms with Crippen LogP contribution in [0.5, 0.6) is 0 Å². The summed E-state index contributed by atoms with van der Waals surface area (Å²) >= 11 is 12.5. The highest BCUT2D eigenvalue weighted by atomic mass is 35.5. The van der Waals surface area contributed by atoms with Crippen molar-refractivity contribution >= 4 is 40.2 Å². The second-order valence-corrected chi connectivity index (χ2v) is 9.22. The van der Waals surface area contributed by atoms with Crippen molar-refractivity contribution in [3.63, 3.8) is 0 Å². The topological polar surface area (TPSA) is 57.7 Å².